The smallest absolute Gasteiger partial charge is 0.406 e. The lowest BCUT2D eigenvalue weighted by atomic mass is 10.1. The number of alkyl halides is 3. The van der Waals surface area contributed by atoms with Crippen LogP contribution in [0.15, 0.2) is 47.7 Å². The third-order valence-corrected chi connectivity index (χ3v) is 4.73. The molecule has 2 aromatic rings. The summed E-state index contributed by atoms with van der Waals surface area (Å²) in [5.41, 5.74) is 3.04. The van der Waals surface area contributed by atoms with E-state index in [1.807, 2.05) is 12.3 Å². The Kier molecular flexibility index (Phi) is 5.08. The Bertz CT molecular complexity index is 853. The van der Waals surface area contributed by atoms with E-state index in [0.717, 1.165) is 55.4 Å². The first-order valence-electron chi connectivity index (χ1n) is 9.03. The average Bonchev–Trinajstić information content (AvgIpc) is 3.34. The zero-order valence-electron chi connectivity index (χ0n) is 15.1. The molecule has 1 N–H and O–H groups in total. The van der Waals surface area contributed by atoms with Crippen LogP contribution in [-0.4, -0.2) is 54.9 Å². The van der Waals surface area contributed by atoms with Crippen molar-refractivity contribution in [1.29, 1.82) is 0 Å². The van der Waals surface area contributed by atoms with Crippen molar-refractivity contribution >= 4 is 11.5 Å². The lowest BCUT2D eigenvalue weighted by molar-refractivity contribution is -0.274. The summed E-state index contributed by atoms with van der Waals surface area (Å²) in [7, 11) is 0. The first-order chi connectivity index (χ1) is 13.5. The Morgan fingerprint density at radius 3 is 2.64 bits per heavy atom. The Hall–Kier alpha value is -2.81. The number of halogens is 3. The van der Waals surface area contributed by atoms with Crippen molar-refractivity contribution in [2.24, 2.45) is 4.99 Å². The summed E-state index contributed by atoms with van der Waals surface area (Å²) in [5.74, 6) is 0.679. The van der Waals surface area contributed by atoms with Crippen LogP contribution in [-0.2, 0) is 6.54 Å². The summed E-state index contributed by atoms with van der Waals surface area (Å²) in [5, 5.41) is 3.28. The summed E-state index contributed by atoms with van der Waals surface area (Å²) in [6, 6.07) is 8.00. The molecule has 0 aliphatic carbocycles. The minimum absolute atomic E-state index is 0.210. The number of benzene rings is 1. The van der Waals surface area contributed by atoms with Gasteiger partial charge in [-0.2, -0.15) is 0 Å². The molecule has 1 saturated heterocycles. The van der Waals surface area contributed by atoms with E-state index in [9.17, 15) is 13.2 Å². The van der Waals surface area contributed by atoms with E-state index in [1.165, 1.54) is 12.1 Å². The first-order valence-corrected chi connectivity index (χ1v) is 9.03. The van der Waals surface area contributed by atoms with Gasteiger partial charge in [-0.25, -0.2) is 0 Å². The van der Waals surface area contributed by atoms with Gasteiger partial charge in [-0.05, 0) is 35.9 Å². The van der Waals surface area contributed by atoms with Crippen LogP contribution in [0.4, 0.5) is 18.9 Å². The van der Waals surface area contributed by atoms with Crippen molar-refractivity contribution in [1.82, 2.24) is 15.2 Å². The molecule has 0 unspecified atom stereocenters. The molecule has 0 bridgehead atoms. The minimum Gasteiger partial charge on any atom is -0.406 e. The molecule has 0 radical (unpaired) electrons. The summed E-state index contributed by atoms with van der Waals surface area (Å²) in [4.78, 5) is 13.1. The maximum absolute atomic E-state index is 12.3. The van der Waals surface area contributed by atoms with Crippen LogP contribution >= 0.6 is 0 Å². The number of amidine groups is 1. The fourth-order valence-corrected chi connectivity index (χ4v) is 3.44. The predicted octanol–water partition coefficient (Wildman–Crippen LogP) is 2.61. The standard InChI is InChI=1S/C19H20F3N5O/c20-19(21,22)28-16-3-1-15(2-4-16)27-10-9-26(13-27)12-14-5-6-23-11-17(14)18-24-7-8-25-18/h1-6,11H,7-10,12-13H2,(H,24,25). The fraction of sp³-hybridized carbons (Fsp3) is 0.368. The molecule has 0 amide bonds. The summed E-state index contributed by atoms with van der Waals surface area (Å²) in [6.45, 7) is 4.73. The van der Waals surface area contributed by atoms with Gasteiger partial charge in [0.1, 0.15) is 11.6 Å². The number of anilines is 1. The molecule has 4 rings (SSSR count). The number of hydrogen-bond donors (Lipinski definition) is 1. The fourth-order valence-electron chi connectivity index (χ4n) is 3.44. The van der Waals surface area contributed by atoms with Gasteiger partial charge in [-0.1, -0.05) is 0 Å². The molecule has 0 atom stereocenters. The summed E-state index contributed by atoms with van der Waals surface area (Å²) >= 11 is 0. The van der Waals surface area contributed by atoms with Crippen LogP contribution in [0.5, 0.6) is 5.75 Å². The Labute approximate surface area is 160 Å². The van der Waals surface area contributed by atoms with Crippen molar-refractivity contribution in [3.05, 3.63) is 53.9 Å². The predicted molar refractivity (Wildman–Crippen MR) is 99.4 cm³/mol. The number of aliphatic imine (C=N–C) groups is 1. The van der Waals surface area contributed by atoms with E-state index in [2.05, 4.69) is 29.8 Å². The monoisotopic (exact) mass is 391 g/mol. The zero-order chi connectivity index (χ0) is 19.6. The molecule has 1 aromatic carbocycles. The minimum atomic E-state index is -4.67. The molecule has 3 heterocycles. The normalized spacial score (nSPS) is 17.5. The maximum atomic E-state index is 12.3. The van der Waals surface area contributed by atoms with Crippen molar-refractivity contribution < 1.29 is 17.9 Å². The number of aromatic nitrogens is 1. The Balaban J connectivity index is 1.40. The second-order valence-electron chi connectivity index (χ2n) is 6.69. The van der Waals surface area contributed by atoms with Crippen LogP contribution in [0.25, 0.3) is 0 Å². The van der Waals surface area contributed by atoms with E-state index in [1.54, 1.807) is 18.3 Å². The highest BCUT2D eigenvalue weighted by atomic mass is 19.4. The van der Waals surface area contributed by atoms with E-state index >= 15 is 0 Å². The van der Waals surface area contributed by atoms with Crippen molar-refractivity contribution in [3.8, 4) is 5.75 Å². The largest absolute Gasteiger partial charge is 0.573 e. The molecular formula is C19H20F3N5O. The highest BCUT2D eigenvalue weighted by molar-refractivity contribution is 6.00. The highest BCUT2D eigenvalue weighted by Gasteiger charge is 2.31. The van der Waals surface area contributed by atoms with Gasteiger partial charge in [-0.3, -0.25) is 14.9 Å². The second-order valence-corrected chi connectivity index (χ2v) is 6.69. The summed E-state index contributed by atoms with van der Waals surface area (Å²) < 4.78 is 40.8. The zero-order valence-corrected chi connectivity index (χ0v) is 15.1. The van der Waals surface area contributed by atoms with Crippen molar-refractivity contribution in [2.75, 3.05) is 37.7 Å². The van der Waals surface area contributed by atoms with Gasteiger partial charge in [0, 0.05) is 49.8 Å². The topological polar surface area (TPSA) is 53.0 Å². The van der Waals surface area contributed by atoms with Crippen LogP contribution < -0.4 is 15.0 Å². The highest BCUT2D eigenvalue weighted by Crippen LogP contribution is 2.27. The van der Waals surface area contributed by atoms with E-state index < -0.39 is 6.36 Å². The first kappa shape index (κ1) is 18.5. The lowest BCUT2D eigenvalue weighted by Crippen LogP contribution is -2.27. The number of pyridine rings is 1. The third-order valence-electron chi connectivity index (χ3n) is 4.73. The molecule has 2 aliphatic rings. The molecule has 9 heteroatoms. The number of hydrogen-bond acceptors (Lipinski definition) is 6. The molecule has 28 heavy (non-hydrogen) atoms. The van der Waals surface area contributed by atoms with Crippen molar-refractivity contribution in [3.63, 3.8) is 0 Å². The van der Waals surface area contributed by atoms with Gasteiger partial charge in [0.15, 0.2) is 0 Å². The van der Waals surface area contributed by atoms with Gasteiger partial charge in [-0.15, -0.1) is 13.2 Å². The molecule has 0 saturated carbocycles. The molecule has 0 spiro atoms. The number of nitrogens with zero attached hydrogens (tertiary/aromatic N) is 4. The third kappa shape index (κ3) is 4.36. The van der Waals surface area contributed by atoms with Gasteiger partial charge < -0.3 is 15.0 Å². The quantitative estimate of drug-likeness (QED) is 0.849. The SMILES string of the molecule is FC(F)(F)Oc1ccc(N2CCN(Cc3ccncc3C3=NCCN3)C2)cc1. The van der Waals surface area contributed by atoms with Crippen molar-refractivity contribution in [2.45, 2.75) is 12.9 Å². The van der Waals surface area contributed by atoms with Crippen LogP contribution in [0.1, 0.15) is 11.1 Å². The van der Waals surface area contributed by atoms with Crippen LogP contribution in [0.2, 0.25) is 0 Å². The number of rotatable bonds is 5. The average molecular weight is 391 g/mol. The number of ether oxygens (including phenoxy) is 1. The molecule has 1 fully saturated rings. The van der Waals surface area contributed by atoms with E-state index in [-0.39, 0.29) is 5.75 Å². The Morgan fingerprint density at radius 1 is 1.11 bits per heavy atom. The maximum Gasteiger partial charge on any atom is 0.573 e. The molecule has 1 aromatic heterocycles. The molecular weight excluding hydrogens is 371 g/mol. The van der Waals surface area contributed by atoms with Gasteiger partial charge in [0.05, 0.1) is 13.2 Å². The van der Waals surface area contributed by atoms with Gasteiger partial charge in [0.25, 0.3) is 0 Å². The molecule has 2 aliphatic heterocycles. The summed E-state index contributed by atoms with van der Waals surface area (Å²) in [6.07, 6.45) is -1.06. The van der Waals surface area contributed by atoms with E-state index in [0.29, 0.717) is 6.67 Å². The lowest BCUT2D eigenvalue weighted by Gasteiger charge is -2.21. The van der Waals surface area contributed by atoms with Gasteiger partial charge >= 0.3 is 6.36 Å². The van der Waals surface area contributed by atoms with E-state index in [4.69, 9.17) is 0 Å². The van der Waals surface area contributed by atoms with Gasteiger partial charge in [0.2, 0.25) is 0 Å². The molecule has 148 valence electrons. The second kappa shape index (κ2) is 7.67. The molecule has 6 nitrogen and oxygen atoms in total. The Morgan fingerprint density at radius 2 is 1.93 bits per heavy atom. The van der Waals surface area contributed by atoms with Crippen LogP contribution in [0.3, 0.4) is 0 Å². The number of nitrogens with one attached hydrogen (secondary N) is 1. The van der Waals surface area contributed by atoms with Crippen LogP contribution in [0, 0.1) is 0 Å².